The van der Waals surface area contributed by atoms with Gasteiger partial charge in [0.1, 0.15) is 0 Å². The van der Waals surface area contributed by atoms with E-state index >= 15 is 0 Å². The number of likely N-dealkylation sites (tertiary alicyclic amines) is 1. The highest BCUT2D eigenvalue weighted by Crippen LogP contribution is 2.15. The van der Waals surface area contributed by atoms with Crippen molar-refractivity contribution in [2.45, 2.75) is 58.0 Å². The van der Waals surface area contributed by atoms with Crippen LogP contribution in [0.2, 0.25) is 0 Å². The van der Waals surface area contributed by atoms with Gasteiger partial charge in [0.25, 0.3) is 0 Å². The molecule has 1 heterocycles. The van der Waals surface area contributed by atoms with E-state index in [1.807, 2.05) is 0 Å². The van der Waals surface area contributed by atoms with E-state index in [4.69, 9.17) is 5.26 Å². The third kappa shape index (κ3) is 4.96. The number of piperidine rings is 1. The van der Waals surface area contributed by atoms with Gasteiger partial charge in [0, 0.05) is 12.1 Å². The van der Waals surface area contributed by atoms with Crippen molar-refractivity contribution in [3.05, 3.63) is 0 Å². The van der Waals surface area contributed by atoms with Crippen molar-refractivity contribution in [2.75, 3.05) is 19.6 Å². The van der Waals surface area contributed by atoms with E-state index in [1.54, 1.807) is 0 Å². The zero-order chi connectivity index (χ0) is 11.8. The van der Waals surface area contributed by atoms with Gasteiger partial charge in [-0.15, -0.1) is 0 Å². The lowest BCUT2D eigenvalue weighted by atomic mass is 10.0. The summed E-state index contributed by atoms with van der Waals surface area (Å²) in [6.07, 6.45) is 5.93. The van der Waals surface area contributed by atoms with Gasteiger partial charge in [-0.1, -0.05) is 6.42 Å². The summed E-state index contributed by atoms with van der Waals surface area (Å²) in [6, 6.07) is 3.30. The van der Waals surface area contributed by atoms with Crippen LogP contribution in [0, 0.1) is 11.3 Å². The molecule has 2 atom stereocenters. The van der Waals surface area contributed by atoms with Gasteiger partial charge in [-0.25, -0.2) is 0 Å². The van der Waals surface area contributed by atoms with E-state index in [0.717, 1.165) is 12.6 Å². The highest BCUT2D eigenvalue weighted by Gasteiger charge is 2.16. The van der Waals surface area contributed by atoms with Crippen LogP contribution in [0.5, 0.6) is 0 Å². The Kier molecular flexibility index (Phi) is 6.44. The molecule has 0 amide bonds. The van der Waals surface area contributed by atoms with Crippen LogP contribution in [-0.4, -0.2) is 36.6 Å². The first-order valence-corrected chi connectivity index (χ1v) is 6.58. The minimum atomic E-state index is 0.337. The summed E-state index contributed by atoms with van der Waals surface area (Å²) in [4.78, 5) is 2.60. The second-order valence-electron chi connectivity index (χ2n) is 4.95. The Bertz CT molecular complexity index is 222. The van der Waals surface area contributed by atoms with E-state index in [0.29, 0.717) is 12.5 Å². The summed E-state index contributed by atoms with van der Waals surface area (Å²) in [7, 11) is 0. The number of nitriles is 1. The predicted octanol–water partition coefficient (Wildman–Crippen LogP) is 2.14. The first-order valence-electron chi connectivity index (χ1n) is 6.58. The van der Waals surface area contributed by atoms with Crippen molar-refractivity contribution in [2.24, 2.45) is 0 Å². The van der Waals surface area contributed by atoms with Crippen molar-refractivity contribution < 1.29 is 0 Å². The second-order valence-corrected chi connectivity index (χ2v) is 4.95. The average molecular weight is 223 g/mol. The molecule has 3 nitrogen and oxygen atoms in total. The molecule has 92 valence electrons. The zero-order valence-corrected chi connectivity index (χ0v) is 10.7. The van der Waals surface area contributed by atoms with Gasteiger partial charge in [-0.3, -0.25) is 0 Å². The summed E-state index contributed by atoms with van der Waals surface area (Å²) >= 11 is 0. The van der Waals surface area contributed by atoms with Crippen molar-refractivity contribution >= 4 is 0 Å². The molecule has 1 saturated heterocycles. The van der Waals surface area contributed by atoms with Gasteiger partial charge < -0.3 is 10.2 Å². The van der Waals surface area contributed by atoms with Gasteiger partial charge >= 0.3 is 0 Å². The summed E-state index contributed by atoms with van der Waals surface area (Å²) < 4.78 is 0. The van der Waals surface area contributed by atoms with Crippen molar-refractivity contribution in [3.63, 3.8) is 0 Å². The van der Waals surface area contributed by atoms with E-state index in [1.165, 1.54) is 38.8 Å². The van der Waals surface area contributed by atoms with E-state index in [-0.39, 0.29) is 0 Å². The minimum Gasteiger partial charge on any atom is -0.313 e. The van der Waals surface area contributed by atoms with Crippen LogP contribution in [0.4, 0.5) is 0 Å². The van der Waals surface area contributed by atoms with Crippen molar-refractivity contribution in [3.8, 4) is 6.07 Å². The Hall–Kier alpha value is -0.590. The summed E-state index contributed by atoms with van der Waals surface area (Å²) in [5.41, 5.74) is 0. The Morgan fingerprint density at radius 2 is 2.31 bits per heavy atom. The SMILES string of the molecule is CC(CC#N)NCCCN1CCCCC1C. The molecule has 0 spiro atoms. The Morgan fingerprint density at radius 1 is 1.50 bits per heavy atom. The van der Waals surface area contributed by atoms with Crippen LogP contribution in [0.25, 0.3) is 0 Å². The maximum atomic E-state index is 8.53. The second kappa shape index (κ2) is 7.65. The van der Waals surface area contributed by atoms with Gasteiger partial charge in [0.05, 0.1) is 12.5 Å². The molecule has 0 aromatic heterocycles. The lowest BCUT2D eigenvalue weighted by Crippen LogP contribution is -2.39. The maximum Gasteiger partial charge on any atom is 0.0638 e. The standard InChI is InChI=1S/C13H25N3/c1-12(7-8-14)15-9-5-11-16-10-4-3-6-13(16)2/h12-13,15H,3-7,9-11H2,1-2H3. The molecule has 0 bridgehead atoms. The number of nitrogens with zero attached hydrogens (tertiary/aromatic N) is 2. The number of hydrogen-bond donors (Lipinski definition) is 1. The molecule has 0 aliphatic carbocycles. The highest BCUT2D eigenvalue weighted by atomic mass is 15.2. The Morgan fingerprint density at radius 3 is 3.00 bits per heavy atom. The topological polar surface area (TPSA) is 39.1 Å². The molecule has 1 fully saturated rings. The summed E-state index contributed by atoms with van der Waals surface area (Å²) in [6.45, 7) is 7.92. The first-order chi connectivity index (χ1) is 7.74. The molecule has 1 N–H and O–H groups in total. The van der Waals surface area contributed by atoms with E-state index < -0.39 is 0 Å². The van der Waals surface area contributed by atoms with Gasteiger partial charge in [0.2, 0.25) is 0 Å². The lowest BCUT2D eigenvalue weighted by molar-refractivity contribution is 0.158. The molecule has 1 aliphatic heterocycles. The fraction of sp³-hybridized carbons (Fsp3) is 0.923. The molecular weight excluding hydrogens is 198 g/mol. The average Bonchev–Trinajstić information content (AvgIpc) is 2.27. The molecule has 0 saturated carbocycles. The van der Waals surface area contributed by atoms with Gasteiger partial charge in [-0.05, 0) is 52.7 Å². The molecule has 16 heavy (non-hydrogen) atoms. The molecule has 1 rings (SSSR count). The Balaban J connectivity index is 2.04. The molecule has 3 heteroatoms. The lowest BCUT2D eigenvalue weighted by Gasteiger charge is -2.33. The van der Waals surface area contributed by atoms with Crippen molar-refractivity contribution in [1.29, 1.82) is 5.26 Å². The van der Waals surface area contributed by atoms with Crippen LogP contribution >= 0.6 is 0 Å². The fourth-order valence-corrected chi connectivity index (χ4v) is 2.33. The van der Waals surface area contributed by atoms with Crippen LogP contribution < -0.4 is 5.32 Å². The quantitative estimate of drug-likeness (QED) is 0.701. The molecular formula is C13H25N3. The van der Waals surface area contributed by atoms with Gasteiger partial charge in [0.15, 0.2) is 0 Å². The molecule has 1 aliphatic rings. The third-order valence-corrected chi connectivity index (χ3v) is 3.45. The van der Waals surface area contributed by atoms with E-state index in [9.17, 15) is 0 Å². The Labute approximate surface area is 99.8 Å². The maximum absolute atomic E-state index is 8.53. The molecule has 0 aromatic carbocycles. The van der Waals surface area contributed by atoms with Gasteiger partial charge in [-0.2, -0.15) is 5.26 Å². The molecule has 0 radical (unpaired) electrons. The number of rotatable bonds is 6. The first kappa shape index (κ1) is 13.5. The predicted molar refractivity (Wildman–Crippen MR) is 67.2 cm³/mol. The van der Waals surface area contributed by atoms with Crippen LogP contribution in [0.1, 0.15) is 46.0 Å². The summed E-state index contributed by atoms with van der Waals surface area (Å²) in [5.74, 6) is 0. The number of hydrogen-bond acceptors (Lipinski definition) is 3. The molecule has 0 aromatic rings. The molecule has 2 unspecified atom stereocenters. The van der Waals surface area contributed by atoms with Crippen LogP contribution in [0.15, 0.2) is 0 Å². The van der Waals surface area contributed by atoms with Crippen LogP contribution in [-0.2, 0) is 0 Å². The highest BCUT2D eigenvalue weighted by molar-refractivity contribution is 4.78. The van der Waals surface area contributed by atoms with Crippen LogP contribution in [0.3, 0.4) is 0 Å². The fourth-order valence-electron chi connectivity index (χ4n) is 2.33. The largest absolute Gasteiger partial charge is 0.313 e. The van der Waals surface area contributed by atoms with Crippen molar-refractivity contribution in [1.82, 2.24) is 10.2 Å². The number of nitrogens with one attached hydrogen (secondary N) is 1. The third-order valence-electron chi connectivity index (χ3n) is 3.45. The zero-order valence-electron chi connectivity index (χ0n) is 10.7. The summed E-state index contributed by atoms with van der Waals surface area (Å²) in [5, 5.41) is 11.9. The smallest absolute Gasteiger partial charge is 0.0638 e. The monoisotopic (exact) mass is 223 g/mol. The van der Waals surface area contributed by atoms with E-state index in [2.05, 4.69) is 30.1 Å². The normalized spacial score (nSPS) is 23.9. The minimum absolute atomic E-state index is 0.337.